The smallest absolute Gasteiger partial charge is 0.0240 e. The normalized spacial score (nSPS) is 22.1. The molecule has 2 nitrogen and oxygen atoms in total. The predicted octanol–water partition coefficient (Wildman–Crippen LogP) is 5.29. The summed E-state index contributed by atoms with van der Waals surface area (Å²) in [7, 11) is 0. The SMILES string of the molecule is c1ccc(C2CCN(C3CCN(Cc4cccc5ccccc45)C3)CC2)cc1. The maximum Gasteiger partial charge on any atom is 0.0240 e. The van der Waals surface area contributed by atoms with Crippen molar-refractivity contribution in [3.8, 4) is 0 Å². The molecular weight excluding hydrogens is 340 g/mol. The van der Waals surface area contributed by atoms with Gasteiger partial charge < -0.3 is 0 Å². The van der Waals surface area contributed by atoms with Gasteiger partial charge in [-0.15, -0.1) is 0 Å². The Morgan fingerprint density at radius 3 is 2.32 bits per heavy atom. The third kappa shape index (κ3) is 3.72. The summed E-state index contributed by atoms with van der Waals surface area (Å²) in [6.45, 7) is 6.04. The van der Waals surface area contributed by atoms with E-state index in [2.05, 4.69) is 82.6 Å². The van der Waals surface area contributed by atoms with Gasteiger partial charge in [-0.3, -0.25) is 9.80 Å². The van der Waals surface area contributed by atoms with Gasteiger partial charge >= 0.3 is 0 Å². The van der Waals surface area contributed by atoms with Crippen LogP contribution in [0.1, 0.15) is 36.3 Å². The maximum absolute atomic E-state index is 2.77. The second-order valence-electron chi connectivity index (χ2n) is 8.54. The lowest BCUT2D eigenvalue weighted by molar-refractivity contribution is 0.150. The van der Waals surface area contributed by atoms with E-state index in [0.29, 0.717) is 0 Å². The number of hydrogen-bond acceptors (Lipinski definition) is 2. The van der Waals surface area contributed by atoms with Gasteiger partial charge in [0.25, 0.3) is 0 Å². The van der Waals surface area contributed by atoms with E-state index in [1.54, 1.807) is 0 Å². The molecule has 2 heteroatoms. The first-order valence-corrected chi connectivity index (χ1v) is 10.8. The van der Waals surface area contributed by atoms with Crippen LogP contribution in [0.2, 0.25) is 0 Å². The zero-order chi connectivity index (χ0) is 18.8. The summed E-state index contributed by atoms with van der Waals surface area (Å²) >= 11 is 0. The van der Waals surface area contributed by atoms with Crippen LogP contribution in [0.15, 0.2) is 72.8 Å². The lowest BCUT2D eigenvalue weighted by Gasteiger charge is -2.36. The third-order valence-corrected chi connectivity index (χ3v) is 6.84. The molecule has 1 atom stereocenters. The van der Waals surface area contributed by atoms with E-state index >= 15 is 0 Å². The average molecular weight is 371 g/mol. The predicted molar refractivity (Wildman–Crippen MR) is 118 cm³/mol. The van der Waals surface area contributed by atoms with Gasteiger partial charge in [-0.05, 0) is 60.2 Å². The summed E-state index contributed by atoms with van der Waals surface area (Å²) in [6.07, 6.45) is 3.94. The maximum atomic E-state index is 2.77. The van der Waals surface area contributed by atoms with E-state index in [1.807, 2.05) is 0 Å². The van der Waals surface area contributed by atoms with E-state index in [9.17, 15) is 0 Å². The van der Waals surface area contributed by atoms with Gasteiger partial charge in [-0.25, -0.2) is 0 Å². The van der Waals surface area contributed by atoms with Crippen molar-refractivity contribution < 1.29 is 0 Å². The van der Waals surface area contributed by atoms with E-state index in [0.717, 1.165) is 18.5 Å². The molecule has 5 rings (SSSR count). The minimum atomic E-state index is 0.742. The van der Waals surface area contributed by atoms with Crippen LogP contribution >= 0.6 is 0 Å². The number of nitrogens with zero attached hydrogens (tertiary/aromatic N) is 2. The van der Waals surface area contributed by atoms with Crippen molar-refractivity contribution >= 4 is 10.8 Å². The van der Waals surface area contributed by atoms with Crippen LogP contribution in [-0.2, 0) is 6.54 Å². The first-order valence-electron chi connectivity index (χ1n) is 10.8. The Morgan fingerprint density at radius 2 is 1.46 bits per heavy atom. The van der Waals surface area contributed by atoms with Crippen LogP contribution in [-0.4, -0.2) is 42.0 Å². The molecule has 2 aliphatic heterocycles. The minimum absolute atomic E-state index is 0.742. The molecule has 0 aliphatic carbocycles. The van der Waals surface area contributed by atoms with E-state index in [4.69, 9.17) is 0 Å². The molecule has 2 saturated heterocycles. The summed E-state index contributed by atoms with van der Waals surface area (Å²) in [5.41, 5.74) is 3.01. The summed E-state index contributed by atoms with van der Waals surface area (Å²) < 4.78 is 0. The van der Waals surface area contributed by atoms with Gasteiger partial charge in [0.1, 0.15) is 0 Å². The molecule has 0 amide bonds. The summed E-state index contributed by atoms with van der Waals surface area (Å²) in [6, 6.07) is 27.4. The van der Waals surface area contributed by atoms with Crippen molar-refractivity contribution in [2.75, 3.05) is 26.2 Å². The Hall–Kier alpha value is -2.16. The Kier molecular flexibility index (Phi) is 5.16. The number of hydrogen-bond donors (Lipinski definition) is 0. The first-order chi connectivity index (χ1) is 13.9. The highest BCUT2D eigenvalue weighted by molar-refractivity contribution is 5.85. The van der Waals surface area contributed by atoms with Crippen molar-refractivity contribution in [2.24, 2.45) is 0 Å². The molecule has 0 spiro atoms. The number of piperidine rings is 1. The molecule has 0 bridgehead atoms. The molecule has 2 fully saturated rings. The number of benzene rings is 3. The van der Waals surface area contributed by atoms with Gasteiger partial charge in [0.05, 0.1) is 0 Å². The second kappa shape index (κ2) is 8.06. The molecule has 1 unspecified atom stereocenters. The molecule has 0 aromatic heterocycles. The topological polar surface area (TPSA) is 6.48 Å². The zero-order valence-electron chi connectivity index (χ0n) is 16.6. The second-order valence-corrected chi connectivity index (χ2v) is 8.54. The van der Waals surface area contributed by atoms with Crippen molar-refractivity contribution in [3.05, 3.63) is 83.9 Å². The van der Waals surface area contributed by atoms with Gasteiger partial charge in [-0.1, -0.05) is 72.8 Å². The van der Waals surface area contributed by atoms with Gasteiger partial charge in [0.15, 0.2) is 0 Å². The number of likely N-dealkylation sites (tertiary alicyclic amines) is 2. The molecule has 3 aromatic carbocycles. The van der Waals surface area contributed by atoms with Gasteiger partial charge in [-0.2, -0.15) is 0 Å². The zero-order valence-corrected chi connectivity index (χ0v) is 16.6. The van der Waals surface area contributed by atoms with Crippen LogP contribution in [0.5, 0.6) is 0 Å². The van der Waals surface area contributed by atoms with Crippen LogP contribution in [0, 0.1) is 0 Å². The van der Waals surface area contributed by atoms with Crippen molar-refractivity contribution in [3.63, 3.8) is 0 Å². The number of fused-ring (bicyclic) bond motifs is 1. The fourth-order valence-electron chi connectivity index (χ4n) is 5.25. The molecule has 2 heterocycles. The highest BCUT2D eigenvalue weighted by Gasteiger charge is 2.30. The lowest BCUT2D eigenvalue weighted by Crippen LogP contribution is -2.42. The molecule has 144 valence electrons. The highest BCUT2D eigenvalue weighted by atomic mass is 15.3. The quantitative estimate of drug-likeness (QED) is 0.615. The van der Waals surface area contributed by atoms with Crippen LogP contribution < -0.4 is 0 Å². The van der Waals surface area contributed by atoms with Crippen LogP contribution in [0.3, 0.4) is 0 Å². The third-order valence-electron chi connectivity index (χ3n) is 6.84. The van der Waals surface area contributed by atoms with E-state index in [-0.39, 0.29) is 0 Å². The average Bonchev–Trinajstić information content (AvgIpc) is 3.23. The van der Waals surface area contributed by atoms with E-state index in [1.165, 1.54) is 67.3 Å². The molecule has 2 aliphatic rings. The van der Waals surface area contributed by atoms with Crippen LogP contribution in [0.25, 0.3) is 10.8 Å². The highest BCUT2D eigenvalue weighted by Crippen LogP contribution is 2.31. The van der Waals surface area contributed by atoms with E-state index < -0.39 is 0 Å². The fourth-order valence-corrected chi connectivity index (χ4v) is 5.25. The largest absolute Gasteiger partial charge is 0.299 e. The van der Waals surface area contributed by atoms with Crippen molar-refractivity contribution in [2.45, 2.75) is 37.8 Å². The van der Waals surface area contributed by atoms with Gasteiger partial charge in [0.2, 0.25) is 0 Å². The van der Waals surface area contributed by atoms with Crippen molar-refractivity contribution in [1.82, 2.24) is 9.80 Å². The standard InChI is InChI=1S/C26H30N2/c1-2-7-21(8-3-1)22-13-17-28(18-14-22)25-15-16-27(20-25)19-24-11-6-10-23-9-4-5-12-26(23)24/h1-12,22,25H,13-20H2. The first kappa shape index (κ1) is 17.9. The molecule has 0 radical (unpaired) electrons. The Bertz CT molecular complexity index is 907. The number of rotatable bonds is 4. The Balaban J connectivity index is 1.19. The summed E-state index contributed by atoms with van der Waals surface area (Å²) in [4.78, 5) is 5.43. The van der Waals surface area contributed by atoms with Gasteiger partial charge in [0, 0.05) is 25.7 Å². The molecule has 0 N–H and O–H groups in total. The Labute approximate surface area is 168 Å². The molecule has 28 heavy (non-hydrogen) atoms. The monoisotopic (exact) mass is 370 g/mol. The summed E-state index contributed by atoms with van der Waals surface area (Å²) in [5.74, 6) is 0.755. The molecule has 0 saturated carbocycles. The molecule has 3 aromatic rings. The van der Waals surface area contributed by atoms with Crippen LogP contribution in [0.4, 0.5) is 0 Å². The lowest BCUT2D eigenvalue weighted by atomic mass is 9.89. The summed E-state index contributed by atoms with van der Waals surface area (Å²) in [5, 5.41) is 2.77. The molecular formula is C26H30N2. The minimum Gasteiger partial charge on any atom is -0.299 e. The van der Waals surface area contributed by atoms with Crippen molar-refractivity contribution in [1.29, 1.82) is 0 Å². The fraction of sp³-hybridized carbons (Fsp3) is 0.385. The Morgan fingerprint density at radius 1 is 0.714 bits per heavy atom.